The third-order valence-corrected chi connectivity index (χ3v) is 4.67. The number of benzene rings is 1. The van der Waals surface area contributed by atoms with Gasteiger partial charge in [-0.15, -0.1) is 24.0 Å². The highest BCUT2D eigenvalue weighted by molar-refractivity contribution is 14.0. The zero-order valence-electron chi connectivity index (χ0n) is 15.5. The van der Waals surface area contributed by atoms with E-state index in [0.29, 0.717) is 31.2 Å². The van der Waals surface area contributed by atoms with Crippen molar-refractivity contribution in [2.24, 2.45) is 10.7 Å². The summed E-state index contributed by atoms with van der Waals surface area (Å²) in [5.41, 5.74) is 7.47. The zero-order valence-corrected chi connectivity index (χ0v) is 17.8. The predicted octanol–water partition coefficient (Wildman–Crippen LogP) is 1.80. The summed E-state index contributed by atoms with van der Waals surface area (Å²) in [6.07, 6.45) is 4.60. The van der Waals surface area contributed by atoms with Crippen LogP contribution in [0.1, 0.15) is 41.6 Å². The number of hydrogen-bond donors (Lipinski definition) is 3. The van der Waals surface area contributed by atoms with Crippen LogP contribution in [0.4, 0.5) is 0 Å². The Balaban J connectivity index is 0.00000261. The fraction of sp³-hybridized carbons (Fsp3) is 0.579. The number of hydrogen-bond acceptors (Lipinski definition) is 4. The molecule has 2 aliphatic heterocycles. The van der Waals surface area contributed by atoms with Crippen LogP contribution in [-0.4, -0.2) is 50.4 Å². The molecule has 4 N–H and O–H groups in total. The molecule has 2 saturated heterocycles. The summed E-state index contributed by atoms with van der Waals surface area (Å²) in [5, 5.41) is 6.03. The van der Waals surface area contributed by atoms with Gasteiger partial charge in [0.1, 0.15) is 0 Å². The number of carbonyl (C=O) groups is 1. The van der Waals surface area contributed by atoms with Gasteiger partial charge in [0.25, 0.3) is 5.91 Å². The van der Waals surface area contributed by atoms with Gasteiger partial charge < -0.3 is 25.8 Å². The lowest BCUT2D eigenvalue weighted by Gasteiger charge is -2.12. The van der Waals surface area contributed by atoms with Gasteiger partial charge in [0.2, 0.25) is 0 Å². The lowest BCUT2D eigenvalue weighted by atomic mass is 10.1. The molecule has 27 heavy (non-hydrogen) atoms. The number of aliphatic imine (C=N–C) groups is 1. The van der Waals surface area contributed by atoms with Gasteiger partial charge >= 0.3 is 0 Å². The maximum atomic E-state index is 12.3. The Morgan fingerprint density at radius 3 is 2.41 bits per heavy atom. The molecule has 0 bridgehead atoms. The molecular formula is C19H29IN4O3. The largest absolute Gasteiger partial charge is 0.376 e. The number of carbonyl (C=O) groups excluding carboxylic acids is 1. The molecule has 2 unspecified atom stereocenters. The van der Waals surface area contributed by atoms with Crippen LogP contribution in [0.15, 0.2) is 29.3 Å². The fourth-order valence-corrected chi connectivity index (χ4v) is 3.18. The average molecular weight is 488 g/mol. The first-order chi connectivity index (χ1) is 12.7. The third-order valence-electron chi connectivity index (χ3n) is 4.67. The molecule has 1 aromatic carbocycles. The van der Waals surface area contributed by atoms with Crippen LogP contribution < -0.4 is 16.4 Å². The number of nitrogens with zero attached hydrogens (tertiary/aromatic N) is 1. The van der Waals surface area contributed by atoms with Crippen LogP contribution in [0, 0.1) is 0 Å². The Labute approximate surface area is 177 Å². The highest BCUT2D eigenvalue weighted by Gasteiger charge is 2.17. The minimum Gasteiger partial charge on any atom is -0.376 e. The molecular weight excluding hydrogens is 459 g/mol. The van der Waals surface area contributed by atoms with E-state index >= 15 is 0 Å². The Hall–Kier alpha value is -1.39. The second-order valence-electron chi connectivity index (χ2n) is 6.76. The molecule has 3 rings (SSSR count). The molecule has 2 fully saturated rings. The summed E-state index contributed by atoms with van der Waals surface area (Å²) in [6, 6.07) is 7.45. The van der Waals surface area contributed by atoms with Crippen LogP contribution in [0.2, 0.25) is 0 Å². The molecule has 0 saturated carbocycles. The Bertz CT molecular complexity index is 629. The van der Waals surface area contributed by atoms with Crippen molar-refractivity contribution >= 4 is 35.8 Å². The van der Waals surface area contributed by atoms with E-state index in [1.807, 2.05) is 18.2 Å². The van der Waals surface area contributed by atoms with Crippen LogP contribution >= 0.6 is 24.0 Å². The number of amides is 1. The van der Waals surface area contributed by atoms with Crippen molar-refractivity contribution in [3.8, 4) is 0 Å². The minimum atomic E-state index is -0.0872. The molecule has 0 aliphatic carbocycles. The van der Waals surface area contributed by atoms with Gasteiger partial charge in [-0.25, -0.2) is 4.99 Å². The molecule has 2 atom stereocenters. The normalized spacial score (nSPS) is 22.3. The SMILES string of the molecule is I.NC(=NCc1cccc(C(=O)NCC2CCCO2)c1)NCC1CCCO1. The van der Waals surface area contributed by atoms with Gasteiger partial charge in [-0.05, 0) is 43.4 Å². The first-order valence-corrected chi connectivity index (χ1v) is 9.35. The van der Waals surface area contributed by atoms with E-state index < -0.39 is 0 Å². The maximum absolute atomic E-state index is 12.3. The predicted molar refractivity (Wildman–Crippen MR) is 115 cm³/mol. The van der Waals surface area contributed by atoms with Gasteiger partial charge in [0.15, 0.2) is 5.96 Å². The third kappa shape index (κ3) is 7.27. The summed E-state index contributed by atoms with van der Waals surface area (Å²) in [4.78, 5) is 16.6. The summed E-state index contributed by atoms with van der Waals surface area (Å²) < 4.78 is 11.1. The molecule has 150 valence electrons. The molecule has 0 spiro atoms. The quantitative estimate of drug-likeness (QED) is 0.309. The van der Waals surface area contributed by atoms with E-state index in [1.165, 1.54) is 0 Å². The maximum Gasteiger partial charge on any atom is 0.251 e. The minimum absolute atomic E-state index is 0. The molecule has 1 amide bonds. The summed E-state index contributed by atoms with van der Waals surface area (Å²) >= 11 is 0. The summed E-state index contributed by atoms with van der Waals surface area (Å²) in [6.45, 7) is 3.28. The molecule has 1 aromatic rings. The smallest absolute Gasteiger partial charge is 0.251 e. The van der Waals surface area contributed by atoms with Crippen molar-refractivity contribution in [1.82, 2.24) is 10.6 Å². The van der Waals surface area contributed by atoms with Crippen LogP contribution in [0.5, 0.6) is 0 Å². The molecule has 8 heteroatoms. The first-order valence-electron chi connectivity index (χ1n) is 9.35. The van der Waals surface area contributed by atoms with Crippen LogP contribution in [-0.2, 0) is 16.0 Å². The lowest BCUT2D eigenvalue weighted by molar-refractivity contribution is 0.0857. The molecule has 0 aromatic heterocycles. The van der Waals surface area contributed by atoms with E-state index in [0.717, 1.165) is 44.5 Å². The molecule has 0 radical (unpaired) electrons. The van der Waals surface area contributed by atoms with E-state index in [2.05, 4.69) is 15.6 Å². The second kappa shape index (κ2) is 11.5. The van der Waals surface area contributed by atoms with Gasteiger partial charge in [0, 0.05) is 31.9 Å². The fourth-order valence-electron chi connectivity index (χ4n) is 3.18. The van der Waals surface area contributed by atoms with Gasteiger partial charge in [-0.3, -0.25) is 4.79 Å². The average Bonchev–Trinajstić information content (AvgIpc) is 3.36. The lowest BCUT2D eigenvalue weighted by Crippen LogP contribution is -2.37. The highest BCUT2D eigenvalue weighted by atomic mass is 127. The van der Waals surface area contributed by atoms with Crippen molar-refractivity contribution in [3.05, 3.63) is 35.4 Å². The highest BCUT2D eigenvalue weighted by Crippen LogP contribution is 2.12. The Kier molecular flexibility index (Phi) is 9.29. The summed E-state index contributed by atoms with van der Waals surface area (Å²) in [7, 11) is 0. The number of nitrogens with one attached hydrogen (secondary N) is 2. The number of halogens is 1. The summed E-state index contributed by atoms with van der Waals surface area (Å²) in [5.74, 6) is 0.310. The van der Waals surface area contributed by atoms with Crippen LogP contribution in [0.25, 0.3) is 0 Å². The van der Waals surface area contributed by atoms with E-state index in [4.69, 9.17) is 15.2 Å². The molecule has 7 nitrogen and oxygen atoms in total. The molecule has 2 heterocycles. The van der Waals surface area contributed by atoms with Crippen molar-refractivity contribution in [2.45, 2.75) is 44.4 Å². The standard InChI is InChI=1S/C19H28N4O3.HI/c20-19(23-13-17-7-3-9-26-17)22-11-14-4-1-5-15(10-14)18(24)21-12-16-6-2-8-25-16;/h1,4-5,10,16-17H,2-3,6-9,11-13H2,(H,21,24)(H3,20,22,23);1H. The number of ether oxygens (including phenoxy) is 2. The van der Waals surface area contributed by atoms with Crippen molar-refractivity contribution < 1.29 is 14.3 Å². The van der Waals surface area contributed by atoms with Gasteiger partial charge in [-0.1, -0.05) is 12.1 Å². The Morgan fingerprint density at radius 2 is 1.78 bits per heavy atom. The Morgan fingerprint density at radius 1 is 1.11 bits per heavy atom. The first kappa shape index (κ1) is 21.9. The van der Waals surface area contributed by atoms with E-state index in [-0.39, 0.29) is 42.1 Å². The number of guanidine groups is 1. The topological polar surface area (TPSA) is 98.0 Å². The zero-order chi connectivity index (χ0) is 18.2. The van der Waals surface area contributed by atoms with Gasteiger partial charge in [-0.2, -0.15) is 0 Å². The monoisotopic (exact) mass is 488 g/mol. The van der Waals surface area contributed by atoms with Crippen molar-refractivity contribution in [2.75, 3.05) is 26.3 Å². The number of nitrogens with two attached hydrogens (primary N) is 1. The van der Waals surface area contributed by atoms with Crippen molar-refractivity contribution in [1.29, 1.82) is 0 Å². The van der Waals surface area contributed by atoms with Gasteiger partial charge in [0.05, 0.1) is 18.8 Å². The van der Waals surface area contributed by atoms with E-state index in [9.17, 15) is 4.79 Å². The van der Waals surface area contributed by atoms with E-state index in [1.54, 1.807) is 6.07 Å². The van der Waals surface area contributed by atoms with Crippen molar-refractivity contribution in [3.63, 3.8) is 0 Å². The number of rotatable bonds is 7. The van der Waals surface area contributed by atoms with Crippen LogP contribution in [0.3, 0.4) is 0 Å². The second-order valence-corrected chi connectivity index (χ2v) is 6.76. The molecule has 2 aliphatic rings.